The largest absolute Gasteiger partial charge is 0.507 e. The molecule has 0 aliphatic rings. The Morgan fingerprint density at radius 2 is 1.48 bits per heavy atom. The summed E-state index contributed by atoms with van der Waals surface area (Å²) in [5, 5.41) is 10.8. The zero-order valence-corrected chi connectivity index (χ0v) is 18.3. The van der Waals surface area contributed by atoms with Crippen LogP contribution in [0.1, 0.15) is 33.6 Å². The van der Waals surface area contributed by atoms with E-state index in [9.17, 15) is 14.1 Å². The van der Waals surface area contributed by atoms with Crippen LogP contribution >= 0.6 is 0 Å². The third-order valence-electron chi connectivity index (χ3n) is 5.16. The molecule has 1 atom stereocenters. The molecule has 29 heavy (non-hydrogen) atoms. The zero-order chi connectivity index (χ0) is 21.3. The third kappa shape index (κ3) is 4.35. The fourth-order valence-corrected chi connectivity index (χ4v) is 4.73. The summed E-state index contributed by atoms with van der Waals surface area (Å²) in [6.45, 7) is 9.54. The SMILES string of the molecule is Cc1ccc(S(=O)CCc2oc(=O)c(-c3c(C)cc(C)cc3C)c(O)c2C)cc1. The normalized spacial score (nSPS) is 12.2. The quantitative estimate of drug-likeness (QED) is 0.649. The lowest BCUT2D eigenvalue weighted by Crippen LogP contribution is -2.11. The van der Waals surface area contributed by atoms with E-state index in [2.05, 4.69) is 0 Å². The van der Waals surface area contributed by atoms with Gasteiger partial charge in [0.05, 0.1) is 10.8 Å². The Hall–Kier alpha value is -2.66. The van der Waals surface area contributed by atoms with Gasteiger partial charge in [0.15, 0.2) is 0 Å². The predicted molar refractivity (Wildman–Crippen MR) is 117 cm³/mol. The lowest BCUT2D eigenvalue weighted by atomic mass is 9.93. The molecule has 1 heterocycles. The van der Waals surface area contributed by atoms with Crippen LogP contribution in [0.3, 0.4) is 0 Å². The van der Waals surface area contributed by atoms with Crippen LogP contribution in [0.25, 0.3) is 11.1 Å². The van der Waals surface area contributed by atoms with Crippen LogP contribution in [0.15, 0.2) is 50.5 Å². The van der Waals surface area contributed by atoms with Crippen molar-refractivity contribution in [1.29, 1.82) is 0 Å². The minimum absolute atomic E-state index is 0.0626. The summed E-state index contributed by atoms with van der Waals surface area (Å²) in [5.74, 6) is 0.625. The lowest BCUT2D eigenvalue weighted by molar-refractivity contribution is 0.423. The molecular formula is C24H26O4S. The van der Waals surface area contributed by atoms with Gasteiger partial charge < -0.3 is 9.52 Å². The van der Waals surface area contributed by atoms with Gasteiger partial charge in [-0.15, -0.1) is 0 Å². The minimum atomic E-state index is -1.21. The van der Waals surface area contributed by atoms with Crippen LogP contribution < -0.4 is 5.63 Å². The Morgan fingerprint density at radius 3 is 2.07 bits per heavy atom. The highest BCUT2D eigenvalue weighted by Gasteiger charge is 2.21. The van der Waals surface area contributed by atoms with Gasteiger partial charge in [0.1, 0.15) is 17.1 Å². The Balaban J connectivity index is 1.93. The first-order valence-corrected chi connectivity index (χ1v) is 10.9. The van der Waals surface area contributed by atoms with Gasteiger partial charge in [0.2, 0.25) is 0 Å². The molecule has 2 aromatic carbocycles. The number of aryl methyl sites for hydroxylation is 5. The summed E-state index contributed by atoms with van der Waals surface area (Å²) in [4.78, 5) is 13.5. The molecule has 0 aliphatic heterocycles. The number of hydrogen-bond donors (Lipinski definition) is 1. The van der Waals surface area contributed by atoms with Crippen LogP contribution in [0, 0.1) is 34.6 Å². The fourth-order valence-electron chi connectivity index (χ4n) is 3.68. The maximum absolute atomic E-state index is 12.8. The summed E-state index contributed by atoms with van der Waals surface area (Å²) in [6, 6.07) is 11.5. The summed E-state index contributed by atoms with van der Waals surface area (Å²) in [5.41, 5.74) is 4.88. The molecule has 0 saturated carbocycles. The molecule has 1 aromatic heterocycles. The lowest BCUT2D eigenvalue weighted by Gasteiger charge is -2.14. The van der Waals surface area contributed by atoms with Gasteiger partial charge in [-0.05, 0) is 63.4 Å². The molecule has 3 aromatic rings. The fraction of sp³-hybridized carbons (Fsp3) is 0.292. The van der Waals surface area contributed by atoms with E-state index < -0.39 is 16.4 Å². The van der Waals surface area contributed by atoms with Gasteiger partial charge >= 0.3 is 5.63 Å². The molecular weight excluding hydrogens is 384 g/mol. The van der Waals surface area contributed by atoms with Gasteiger partial charge in [-0.1, -0.05) is 35.4 Å². The van der Waals surface area contributed by atoms with Gasteiger partial charge in [-0.25, -0.2) is 4.79 Å². The summed E-state index contributed by atoms with van der Waals surface area (Å²) in [7, 11) is -1.21. The summed E-state index contributed by atoms with van der Waals surface area (Å²) >= 11 is 0. The van der Waals surface area contributed by atoms with Crippen LogP contribution in [0.4, 0.5) is 0 Å². The average Bonchev–Trinajstić information content (AvgIpc) is 2.65. The number of aromatic hydroxyl groups is 1. The van der Waals surface area contributed by atoms with Crippen molar-refractivity contribution in [2.75, 3.05) is 5.75 Å². The second kappa shape index (κ2) is 8.37. The molecule has 0 aliphatic carbocycles. The molecule has 0 fully saturated rings. The van der Waals surface area contributed by atoms with Gasteiger partial charge in [0.25, 0.3) is 0 Å². The molecule has 0 radical (unpaired) electrons. The molecule has 5 heteroatoms. The second-order valence-electron chi connectivity index (χ2n) is 7.55. The van der Waals surface area contributed by atoms with Crippen molar-refractivity contribution in [3.05, 3.63) is 80.4 Å². The van der Waals surface area contributed by atoms with Crippen LogP contribution in [0.2, 0.25) is 0 Å². The molecule has 0 bridgehead atoms. The molecule has 0 saturated heterocycles. The van der Waals surface area contributed by atoms with E-state index in [4.69, 9.17) is 4.42 Å². The Morgan fingerprint density at radius 1 is 0.897 bits per heavy atom. The average molecular weight is 411 g/mol. The summed E-state index contributed by atoms with van der Waals surface area (Å²) in [6.07, 6.45) is 0.307. The van der Waals surface area contributed by atoms with E-state index in [1.165, 1.54) is 0 Å². The molecule has 4 nitrogen and oxygen atoms in total. The first kappa shape index (κ1) is 21.1. The molecule has 152 valence electrons. The highest BCUT2D eigenvalue weighted by molar-refractivity contribution is 7.85. The molecule has 0 amide bonds. The zero-order valence-electron chi connectivity index (χ0n) is 17.5. The standard InChI is InChI=1S/C24H26O4S/c1-14-6-8-19(9-7-14)29(27)11-10-20-18(5)23(25)22(24(26)28-20)21-16(3)12-15(2)13-17(21)4/h6-9,12-13,25H,10-11H2,1-5H3. The molecule has 0 spiro atoms. The summed E-state index contributed by atoms with van der Waals surface area (Å²) < 4.78 is 18.1. The van der Waals surface area contributed by atoms with Crippen LogP contribution in [-0.2, 0) is 17.2 Å². The first-order chi connectivity index (χ1) is 13.7. The van der Waals surface area contributed by atoms with E-state index in [0.29, 0.717) is 29.1 Å². The van der Waals surface area contributed by atoms with Crippen LogP contribution in [-0.4, -0.2) is 15.1 Å². The highest BCUT2D eigenvalue weighted by atomic mass is 32.2. The van der Waals surface area contributed by atoms with Gasteiger partial charge in [-0.3, -0.25) is 4.21 Å². The second-order valence-corrected chi connectivity index (χ2v) is 9.12. The van der Waals surface area contributed by atoms with Crippen molar-refractivity contribution in [1.82, 2.24) is 0 Å². The van der Waals surface area contributed by atoms with Crippen molar-refractivity contribution in [3.8, 4) is 16.9 Å². The van der Waals surface area contributed by atoms with Crippen LogP contribution in [0.5, 0.6) is 5.75 Å². The minimum Gasteiger partial charge on any atom is -0.507 e. The van der Waals surface area contributed by atoms with Crippen molar-refractivity contribution in [2.45, 2.75) is 45.9 Å². The maximum atomic E-state index is 12.8. The molecule has 3 rings (SSSR count). The topological polar surface area (TPSA) is 67.5 Å². The van der Waals surface area contributed by atoms with Gasteiger partial charge in [-0.2, -0.15) is 0 Å². The van der Waals surface area contributed by atoms with E-state index in [0.717, 1.165) is 27.1 Å². The Kier molecular flexibility index (Phi) is 6.08. The van der Waals surface area contributed by atoms with Crippen molar-refractivity contribution >= 4 is 10.8 Å². The van der Waals surface area contributed by atoms with E-state index in [-0.39, 0.29) is 11.3 Å². The molecule has 1 unspecified atom stereocenters. The third-order valence-corrected chi connectivity index (χ3v) is 6.53. The van der Waals surface area contributed by atoms with E-state index in [1.54, 1.807) is 6.92 Å². The Bertz CT molecular complexity index is 1120. The highest BCUT2D eigenvalue weighted by Crippen LogP contribution is 2.35. The van der Waals surface area contributed by atoms with Crippen molar-refractivity contribution < 1.29 is 13.7 Å². The Labute approximate surface area is 173 Å². The number of benzene rings is 2. The van der Waals surface area contributed by atoms with E-state index >= 15 is 0 Å². The smallest absolute Gasteiger partial charge is 0.347 e. The number of rotatable bonds is 5. The molecule has 1 N–H and O–H groups in total. The van der Waals surface area contributed by atoms with Gasteiger partial charge in [0, 0.05) is 22.6 Å². The first-order valence-electron chi connectivity index (χ1n) is 9.58. The maximum Gasteiger partial charge on any atom is 0.347 e. The monoisotopic (exact) mass is 410 g/mol. The predicted octanol–water partition coefficient (Wildman–Crippen LogP) is 4.90. The van der Waals surface area contributed by atoms with E-state index in [1.807, 2.05) is 64.1 Å². The van der Waals surface area contributed by atoms with Crippen molar-refractivity contribution in [2.24, 2.45) is 0 Å². The van der Waals surface area contributed by atoms with Crippen molar-refractivity contribution in [3.63, 3.8) is 0 Å². The number of hydrogen-bond acceptors (Lipinski definition) is 4.